The van der Waals surface area contributed by atoms with Gasteiger partial charge in [0, 0.05) is 37.7 Å². The van der Waals surface area contributed by atoms with E-state index in [-0.39, 0.29) is 36.6 Å². The Bertz CT molecular complexity index is 1720. The van der Waals surface area contributed by atoms with E-state index >= 15 is 0 Å². The predicted molar refractivity (Wildman–Crippen MR) is 162 cm³/mol. The average Bonchev–Trinajstić information content (AvgIpc) is 3.47. The number of imidazole rings is 1. The second-order valence-electron chi connectivity index (χ2n) is 10.7. The molecule has 7 nitrogen and oxygen atoms in total. The predicted octanol–water partition coefficient (Wildman–Crippen LogP) is 6.07. The fourth-order valence-electron chi connectivity index (χ4n) is 5.90. The number of carbonyl (C=O) groups excluding carboxylic acids is 1. The third-order valence-electron chi connectivity index (χ3n) is 8.05. The van der Waals surface area contributed by atoms with E-state index in [1.54, 1.807) is 12.1 Å². The summed E-state index contributed by atoms with van der Waals surface area (Å²) < 4.78 is 41.7. The lowest BCUT2D eigenvalue weighted by molar-refractivity contribution is -0.137. The van der Waals surface area contributed by atoms with Gasteiger partial charge in [-0.1, -0.05) is 66.2 Å². The Morgan fingerprint density at radius 3 is 2.34 bits per heavy atom. The van der Waals surface area contributed by atoms with Gasteiger partial charge in [-0.05, 0) is 47.0 Å². The summed E-state index contributed by atoms with van der Waals surface area (Å²) >= 11 is 6.16. The molecule has 2 aliphatic heterocycles. The molecule has 0 spiro atoms. The zero-order valence-electron chi connectivity index (χ0n) is 23.6. The molecule has 1 amide bonds. The summed E-state index contributed by atoms with van der Waals surface area (Å²) in [7, 11) is 0. The van der Waals surface area contributed by atoms with Gasteiger partial charge in [0.15, 0.2) is 11.5 Å². The Balaban J connectivity index is 1.17. The molecular weight excluding hydrogens is 589 g/mol. The summed E-state index contributed by atoms with van der Waals surface area (Å²) in [5.41, 5.74) is 2.33. The van der Waals surface area contributed by atoms with Gasteiger partial charge >= 0.3 is 6.18 Å². The molecule has 1 saturated heterocycles. The van der Waals surface area contributed by atoms with E-state index < -0.39 is 11.7 Å². The average molecular weight is 617 g/mol. The smallest absolute Gasteiger partial charge is 0.292 e. The van der Waals surface area contributed by atoms with Crippen molar-refractivity contribution in [2.75, 3.05) is 44.2 Å². The number of alkyl halides is 3. The van der Waals surface area contributed by atoms with Gasteiger partial charge in [-0.15, -0.1) is 0 Å². The summed E-state index contributed by atoms with van der Waals surface area (Å²) in [5.74, 6) is 0.0475. The van der Waals surface area contributed by atoms with E-state index in [2.05, 4.69) is 26.9 Å². The molecule has 0 saturated carbocycles. The SMILES string of the molecule is N#Cc1ncn2c1N(C(=O)CN1CCN(C(c3ccccc3)c3ccc(Cl)cc3)CC1)CC=C2c1cccc(C(F)(F)F)c1. The highest BCUT2D eigenvalue weighted by atomic mass is 35.5. The summed E-state index contributed by atoms with van der Waals surface area (Å²) in [6, 6.07) is 25.2. The molecule has 2 aliphatic rings. The summed E-state index contributed by atoms with van der Waals surface area (Å²) in [4.78, 5) is 23.8. The van der Waals surface area contributed by atoms with Crippen molar-refractivity contribution >= 4 is 29.0 Å². The van der Waals surface area contributed by atoms with Crippen LogP contribution in [0.25, 0.3) is 5.70 Å². The minimum absolute atomic E-state index is 0.0365. The van der Waals surface area contributed by atoms with Crippen LogP contribution in [0.3, 0.4) is 0 Å². The van der Waals surface area contributed by atoms with E-state index in [1.807, 2.05) is 48.5 Å². The number of halogens is 4. The van der Waals surface area contributed by atoms with E-state index in [1.165, 1.54) is 27.4 Å². The first kappa shape index (κ1) is 29.6. The second kappa shape index (κ2) is 12.3. The second-order valence-corrected chi connectivity index (χ2v) is 11.2. The first-order chi connectivity index (χ1) is 21.2. The summed E-state index contributed by atoms with van der Waals surface area (Å²) in [5, 5.41) is 10.4. The third-order valence-corrected chi connectivity index (χ3v) is 8.30. The van der Waals surface area contributed by atoms with Crippen LogP contribution in [0.15, 0.2) is 91.3 Å². The van der Waals surface area contributed by atoms with Crippen LogP contribution in [0, 0.1) is 11.3 Å². The number of nitrogens with zero attached hydrogens (tertiary/aromatic N) is 6. The number of hydrogen-bond donors (Lipinski definition) is 0. The van der Waals surface area contributed by atoms with Gasteiger partial charge in [-0.25, -0.2) is 4.98 Å². The molecule has 1 atom stereocenters. The normalized spacial score (nSPS) is 16.6. The number of benzene rings is 3. The van der Waals surface area contributed by atoms with Crippen LogP contribution in [0.2, 0.25) is 5.02 Å². The highest BCUT2D eigenvalue weighted by Gasteiger charge is 2.34. The topological polar surface area (TPSA) is 68.4 Å². The molecule has 11 heteroatoms. The van der Waals surface area contributed by atoms with Gasteiger partial charge < -0.3 is 0 Å². The fourth-order valence-corrected chi connectivity index (χ4v) is 6.03. The quantitative estimate of drug-likeness (QED) is 0.263. The van der Waals surface area contributed by atoms with Crippen molar-refractivity contribution in [3.8, 4) is 6.07 Å². The minimum Gasteiger partial charge on any atom is -0.292 e. The lowest BCUT2D eigenvalue weighted by Crippen LogP contribution is -2.51. The molecule has 1 unspecified atom stereocenters. The van der Waals surface area contributed by atoms with Crippen molar-refractivity contribution in [3.05, 3.63) is 124 Å². The highest BCUT2D eigenvalue weighted by molar-refractivity contribution is 6.30. The zero-order chi connectivity index (χ0) is 30.8. The van der Waals surface area contributed by atoms with Gasteiger partial charge in [-0.2, -0.15) is 18.4 Å². The maximum Gasteiger partial charge on any atom is 0.416 e. The first-order valence-corrected chi connectivity index (χ1v) is 14.5. The molecule has 6 rings (SSSR count). The van der Waals surface area contributed by atoms with Crippen molar-refractivity contribution < 1.29 is 18.0 Å². The van der Waals surface area contributed by atoms with Gasteiger partial charge in [-0.3, -0.25) is 24.1 Å². The first-order valence-electron chi connectivity index (χ1n) is 14.2. The van der Waals surface area contributed by atoms with E-state index in [0.717, 1.165) is 30.8 Å². The van der Waals surface area contributed by atoms with E-state index in [9.17, 15) is 23.2 Å². The lowest BCUT2D eigenvalue weighted by atomic mass is 9.96. The molecule has 0 bridgehead atoms. The Hall–Kier alpha value is -4.43. The molecule has 0 aliphatic carbocycles. The Kier molecular flexibility index (Phi) is 8.27. The number of fused-ring (bicyclic) bond motifs is 1. The highest BCUT2D eigenvalue weighted by Crippen LogP contribution is 2.35. The van der Waals surface area contributed by atoms with Crippen LogP contribution < -0.4 is 4.90 Å². The summed E-state index contributed by atoms with van der Waals surface area (Å²) in [6.45, 7) is 3.02. The number of rotatable bonds is 6. The van der Waals surface area contributed by atoms with Crippen molar-refractivity contribution in [2.24, 2.45) is 0 Å². The van der Waals surface area contributed by atoms with Crippen LogP contribution in [0.5, 0.6) is 0 Å². The van der Waals surface area contributed by atoms with E-state index in [0.29, 0.717) is 29.4 Å². The molecule has 3 heterocycles. The number of carbonyl (C=O) groups is 1. The van der Waals surface area contributed by atoms with Gasteiger partial charge in [0.25, 0.3) is 0 Å². The van der Waals surface area contributed by atoms with Crippen molar-refractivity contribution in [1.82, 2.24) is 19.4 Å². The maximum atomic E-state index is 13.6. The molecule has 44 heavy (non-hydrogen) atoms. The number of hydrogen-bond acceptors (Lipinski definition) is 5. The van der Waals surface area contributed by atoms with Crippen molar-refractivity contribution in [2.45, 2.75) is 12.2 Å². The fraction of sp³-hybridized carbons (Fsp3) is 0.242. The van der Waals surface area contributed by atoms with Crippen LogP contribution >= 0.6 is 11.6 Å². The number of aromatic nitrogens is 2. The van der Waals surface area contributed by atoms with Gasteiger partial charge in [0.1, 0.15) is 12.4 Å². The molecular formula is C33H28ClF3N6O. The molecule has 0 N–H and O–H groups in total. The molecule has 3 aromatic carbocycles. The number of anilines is 1. The Labute approximate surface area is 258 Å². The molecule has 224 valence electrons. The maximum absolute atomic E-state index is 13.6. The van der Waals surface area contributed by atoms with Crippen LogP contribution in [0.1, 0.15) is 34.0 Å². The number of amides is 1. The molecule has 0 radical (unpaired) electrons. The van der Waals surface area contributed by atoms with Gasteiger partial charge in [0.05, 0.1) is 23.8 Å². The van der Waals surface area contributed by atoms with E-state index in [4.69, 9.17) is 11.6 Å². The third kappa shape index (κ3) is 5.99. The van der Waals surface area contributed by atoms with Crippen LogP contribution in [-0.4, -0.2) is 64.5 Å². The molecule has 1 fully saturated rings. The van der Waals surface area contributed by atoms with Gasteiger partial charge in [0.2, 0.25) is 5.91 Å². The van der Waals surface area contributed by atoms with Crippen LogP contribution in [-0.2, 0) is 11.0 Å². The Morgan fingerprint density at radius 2 is 1.66 bits per heavy atom. The lowest BCUT2D eigenvalue weighted by Gasteiger charge is -2.40. The Morgan fingerprint density at radius 1 is 0.955 bits per heavy atom. The standard InChI is InChI=1S/C33H28ClF3N6O/c34-27-11-9-24(10-12-27)31(23-5-2-1-3-6-23)41-17-15-40(16-18-41)21-30(44)42-14-13-29(43-22-39-28(20-38)32(42)43)25-7-4-8-26(19-25)33(35,36)37/h1-13,19,22,31H,14-18,21H2. The van der Waals surface area contributed by atoms with Crippen molar-refractivity contribution in [3.63, 3.8) is 0 Å². The van der Waals surface area contributed by atoms with Crippen LogP contribution in [0.4, 0.5) is 19.0 Å². The number of nitriles is 1. The summed E-state index contributed by atoms with van der Waals surface area (Å²) in [6.07, 6.45) is -1.43. The zero-order valence-corrected chi connectivity index (χ0v) is 24.3. The largest absolute Gasteiger partial charge is 0.416 e. The minimum atomic E-state index is -4.50. The molecule has 4 aromatic rings. The number of piperazine rings is 1. The molecule has 1 aromatic heterocycles. The van der Waals surface area contributed by atoms with Crippen molar-refractivity contribution in [1.29, 1.82) is 5.26 Å². The monoisotopic (exact) mass is 616 g/mol.